The van der Waals surface area contributed by atoms with E-state index in [0.717, 1.165) is 0 Å². The first-order chi connectivity index (χ1) is 5.00. The zero-order valence-electron chi connectivity index (χ0n) is 7.37. The van der Waals surface area contributed by atoms with Crippen molar-refractivity contribution in [3.8, 4) is 0 Å². The van der Waals surface area contributed by atoms with E-state index in [1.807, 2.05) is 0 Å². The Balaban J connectivity index is 4.02. The summed E-state index contributed by atoms with van der Waals surface area (Å²) in [6, 6.07) is -0.232. The predicted octanol–water partition coefficient (Wildman–Crippen LogP) is -1.00. The highest BCUT2D eigenvalue weighted by molar-refractivity contribution is 5.78. The number of carbonyl (C=O) groups excluding carboxylic acids is 1. The van der Waals surface area contributed by atoms with Crippen LogP contribution in [0.15, 0.2) is 0 Å². The molecule has 0 aromatic heterocycles. The molecular weight excluding hydrogens is 142 g/mol. The van der Waals surface area contributed by atoms with Crippen LogP contribution in [0, 0.1) is 5.92 Å². The molecule has 66 valence electrons. The second-order valence-corrected chi connectivity index (χ2v) is 2.92. The molecule has 1 amide bonds. The van der Waals surface area contributed by atoms with Crippen molar-refractivity contribution in [3.63, 3.8) is 0 Å². The van der Waals surface area contributed by atoms with Gasteiger partial charge in [-0.2, -0.15) is 0 Å². The first-order valence-corrected chi connectivity index (χ1v) is 3.67. The van der Waals surface area contributed by atoms with Gasteiger partial charge in [0.05, 0.1) is 5.92 Å². The quantitative estimate of drug-likeness (QED) is 0.554. The van der Waals surface area contributed by atoms with Crippen molar-refractivity contribution in [2.24, 2.45) is 17.4 Å². The van der Waals surface area contributed by atoms with E-state index in [0.29, 0.717) is 6.54 Å². The summed E-state index contributed by atoms with van der Waals surface area (Å²) in [4.78, 5) is 12.8. The largest absolute Gasteiger partial charge is 0.349 e. The summed E-state index contributed by atoms with van der Waals surface area (Å²) < 4.78 is 0. The number of amides is 1. The van der Waals surface area contributed by atoms with E-state index in [9.17, 15) is 4.79 Å². The Morgan fingerprint density at radius 1 is 1.55 bits per heavy atom. The second kappa shape index (κ2) is 4.31. The van der Waals surface area contributed by atoms with E-state index >= 15 is 0 Å². The van der Waals surface area contributed by atoms with Gasteiger partial charge in [0.25, 0.3) is 0 Å². The minimum absolute atomic E-state index is 0.0305. The second-order valence-electron chi connectivity index (χ2n) is 2.92. The molecule has 0 aromatic rings. The highest BCUT2D eigenvalue weighted by Gasteiger charge is 2.20. The van der Waals surface area contributed by atoms with Gasteiger partial charge in [-0.3, -0.25) is 4.79 Å². The zero-order valence-corrected chi connectivity index (χ0v) is 7.37. The first-order valence-electron chi connectivity index (χ1n) is 3.67. The van der Waals surface area contributed by atoms with Gasteiger partial charge in [-0.05, 0) is 0 Å². The van der Waals surface area contributed by atoms with Gasteiger partial charge in [0, 0.05) is 26.7 Å². The van der Waals surface area contributed by atoms with Gasteiger partial charge < -0.3 is 16.4 Å². The molecule has 1 unspecified atom stereocenters. The van der Waals surface area contributed by atoms with Gasteiger partial charge in [-0.1, -0.05) is 6.92 Å². The fourth-order valence-corrected chi connectivity index (χ4v) is 0.795. The van der Waals surface area contributed by atoms with E-state index in [-0.39, 0.29) is 17.9 Å². The SMILES string of the molecule is CC(C(=O)N(C)C)[C@@H](N)CN. The van der Waals surface area contributed by atoms with Crippen molar-refractivity contribution in [2.75, 3.05) is 20.6 Å². The van der Waals surface area contributed by atoms with E-state index < -0.39 is 0 Å². The molecule has 0 aromatic carbocycles. The van der Waals surface area contributed by atoms with Gasteiger partial charge in [-0.15, -0.1) is 0 Å². The van der Waals surface area contributed by atoms with Crippen LogP contribution in [0.5, 0.6) is 0 Å². The standard InChI is InChI=1S/C7H17N3O/c1-5(6(9)4-8)7(11)10(2)3/h5-6H,4,8-9H2,1-3H3/t5?,6-/m0/s1. The average molecular weight is 159 g/mol. The lowest BCUT2D eigenvalue weighted by atomic mass is 10.0. The molecule has 0 fully saturated rings. The zero-order chi connectivity index (χ0) is 9.02. The van der Waals surface area contributed by atoms with Gasteiger partial charge in [0.15, 0.2) is 0 Å². The Hall–Kier alpha value is -0.610. The molecule has 0 saturated carbocycles. The Morgan fingerprint density at radius 2 is 2.00 bits per heavy atom. The van der Waals surface area contributed by atoms with Crippen LogP contribution in [0.4, 0.5) is 0 Å². The molecule has 0 aliphatic rings. The molecule has 4 N–H and O–H groups in total. The van der Waals surface area contributed by atoms with Crippen molar-refractivity contribution >= 4 is 5.91 Å². The molecule has 0 aliphatic carbocycles. The smallest absolute Gasteiger partial charge is 0.226 e. The summed E-state index contributed by atoms with van der Waals surface area (Å²) in [5.41, 5.74) is 10.9. The molecule has 0 spiro atoms. The maximum atomic E-state index is 11.2. The van der Waals surface area contributed by atoms with Crippen molar-refractivity contribution in [1.82, 2.24) is 4.90 Å². The van der Waals surface area contributed by atoms with Crippen LogP contribution >= 0.6 is 0 Å². The summed E-state index contributed by atoms with van der Waals surface area (Å²) >= 11 is 0. The lowest BCUT2D eigenvalue weighted by molar-refractivity contribution is -0.132. The average Bonchev–Trinajstić information content (AvgIpc) is 2.00. The van der Waals surface area contributed by atoms with Gasteiger partial charge in [-0.25, -0.2) is 0 Å². The highest BCUT2D eigenvalue weighted by Crippen LogP contribution is 2.02. The van der Waals surface area contributed by atoms with Crippen molar-refractivity contribution in [3.05, 3.63) is 0 Å². The summed E-state index contributed by atoms with van der Waals surface area (Å²) in [6.45, 7) is 2.14. The Kier molecular flexibility index (Phi) is 4.07. The minimum Gasteiger partial charge on any atom is -0.349 e. The number of nitrogens with two attached hydrogens (primary N) is 2. The first kappa shape index (κ1) is 10.4. The fourth-order valence-electron chi connectivity index (χ4n) is 0.795. The number of carbonyl (C=O) groups is 1. The molecular formula is C7H17N3O. The van der Waals surface area contributed by atoms with Crippen LogP contribution in [0.3, 0.4) is 0 Å². The van der Waals surface area contributed by atoms with Crippen LogP contribution < -0.4 is 11.5 Å². The fraction of sp³-hybridized carbons (Fsp3) is 0.857. The maximum Gasteiger partial charge on any atom is 0.226 e. The summed E-state index contributed by atoms with van der Waals surface area (Å²) in [7, 11) is 3.42. The van der Waals surface area contributed by atoms with E-state index in [1.165, 1.54) is 4.90 Å². The molecule has 0 rings (SSSR count). The molecule has 11 heavy (non-hydrogen) atoms. The third kappa shape index (κ3) is 2.86. The molecule has 4 heteroatoms. The van der Waals surface area contributed by atoms with Crippen molar-refractivity contribution in [2.45, 2.75) is 13.0 Å². The Bertz CT molecular complexity index is 136. The van der Waals surface area contributed by atoms with Crippen LogP contribution in [-0.4, -0.2) is 37.5 Å². The van der Waals surface area contributed by atoms with E-state index in [2.05, 4.69) is 0 Å². The van der Waals surface area contributed by atoms with Gasteiger partial charge in [0.2, 0.25) is 5.91 Å². The topological polar surface area (TPSA) is 72.3 Å². The number of hydrogen-bond donors (Lipinski definition) is 2. The summed E-state index contributed by atoms with van der Waals surface area (Å²) in [6.07, 6.45) is 0. The maximum absolute atomic E-state index is 11.2. The molecule has 0 saturated heterocycles. The van der Waals surface area contributed by atoms with Gasteiger partial charge in [0.1, 0.15) is 0 Å². The van der Waals surface area contributed by atoms with E-state index in [4.69, 9.17) is 11.5 Å². The third-order valence-electron chi connectivity index (χ3n) is 1.74. The van der Waals surface area contributed by atoms with Crippen LogP contribution in [-0.2, 0) is 4.79 Å². The molecule has 0 aliphatic heterocycles. The normalized spacial score (nSPS) is 15.7. The monoisotopic (exact) mass is 159 g/mol. The molecule has 4 nitrogen and oxygen atoms in total. The Labute approximate surface area is 67.5 Å². The third-order valence-corrected chi connectivity index (χ3v) is 1.74. The summed E-state index contributed by atoms with van der Waals surface area (Å²) in [5.74, 6) is -0.155. The lowest BCUT2D eigenvalue weighted by Gasteiger charge is -2.20. The predicted molar refractivity (Wildman–Crippen MR) is 44.9 cm³/mol. The number of nitrogens with zero attached hydrogens (tertiary/aromatic N) is 1. The molecule has 0 radical (unpaired) electrons. The number of rotatable bonds is 3. The lowest BCUT2D eigenvalue weighted by Crippen LogP contribution is -2.43. The van der Waals surface area contributed by atoms with Crippen molar-refractivity contribution in [1.29, 1.82) is 0 Å². The van der Waals surface area contributed by atoms with Crippen LogP contribution in [0.2, 0.25) is 0 Å². The highest BCUT2D eigenvalue weighted by atomic mass is 16.2. The number of hydrogen-bond acceptors (Lipinski definition) is 3. The minimum atomic E-state index is -0.232. The molecule has 0 heterocycles. The summed E-state index contributed by atoms with van der Waals surface area (Å²) in [5, 5.41) is 0. The van der Waals surface area contributed by atoms with Gasteiger partial charge >= 0.3 is 0 Å². The van der Waals surface area contributed by atoms with E-state index in [1.54, 1.807) is 21.0 Å². The van der Waals surface area contributed by atoms with Crippen molar-refractivity contribution < 1.29 is 4.79 Å². The van der Waals surface area contributed by atoms with Crippen LogP contribution in [0.1, 0.15) is 6.92 Å². The molecule has 2 atom stereocenters. The molecule has 0 bridgehead atoms. The Morgan fingerprint density at radius 3 is 2.27 bits per heavy atom. The van der Waals surface area contributed by atoms with Crippen LogP contribution in [0.25, 0.3) is 0 Å².